The number of aryl methyl sites for hydroxylation is 1. The van der Waals surface area contributed by atoms with Gasteiger partial charge in [0.05, 0.1) is 6.10 Å². The molecular weight excluding hydrogens is 296 g/mol. The van der Waals surface area contributed by atoms with Crippen molar-refractivity contribution in [2.45, 2.75) is 63.5 Å². The van der Waals surface area contributed by atoms with Crippen molar-refractivity contribution in [3.05, 3.63) is 35.9 Å². The number of hydrogen-bond acceptors (Lipinski definition) is 3. The summed E-state index contributed by atoms with van der Waals surface area (Å²) in [5.74, 6) is 0.857. The Labute approximate surface area is 147 Å². The summed E-state index contributed by atoms with van der Waals surface area (Å²) in [6.45, 7) is 4.47. The van der Waals surface area contributed by atoms with Crippen molar-refractivity contribution in [3.8, 4) is 0 Å². The fraction of sp³-hybridized carbons (Fsp3) is 0.714. The quantitative estimate of drug-likeness (QED) is 0.719. The maximum Gasteiger partial charge on any atom is 0.0564 e. The van der Waals surface area contributed by atoms with Crippen LogP contribution in [0.1, 0.15) is 50.5 Å². The average molecular weight is 331 g/mol. The van der Waals surface area contributed by atoms with Gasteiger partial charge in [0, 0.05) is 19.1 Å². The van der Waals surface area contributed by atoms with Crippen molar-refractivity contribution in [1.29, 1.82) is 0 Å². The van der Waals surface area contributed by atoms with Crippen molar-refractivity contribution in [3.63, 3.8) is 0 Å². The number of piperidine rings is 1. The first kappa shape index (κ1) is 17.9. The second-order valence-electron chi connectivity index (χ2n) is 7.70. The van der Waals surface area contributed by atoms with Crippen LogP contribution in [0.2, 0.25) is 0 Å². The lowest BCUT2D eigenvalue weighted by Crippen LogP contribution is -2.38. The third-order valence-corrected chi connectivity index (χ3v) is 5.92. The Bertz CT molecular complexity index is 456. The molecule has 0 amide bonds. The fourth-order valence-electron chi connectivity index (χ4n) is 4.38. The minimum Gasteiger partial charge on any atom is -0.393 e. The number of likely N-dealkylation sites (tertiary alicyclic amines) is 1. The van der Waals surface area contributed by atoms with E-state index < -0.39 is 0 Å². The van der Waals surface area contributed by atoms with E-state index in [0.717, 1.165) is 44.4 Å². The Morgan fingerprint density at radius 3 is 2.62 bits per heavy atom. The smallest absolute Gasteiger partial charge is 0.0564 e. The van der Waals surface area contributed by atoms with E-state index in [1.54, 1.807) is 0 Å². The molecule has 1 aromatic rings. The SMILES string of the molecule is OC1CCN(CCCNC2CCCC2CCc2ccccc2)CC1. The van der Waals surface area contributed by atoms with Crippen LogP contribution in [0.15, 0.2) is 30.3 Å². The van der Waals surface area contributed by atoms with Crippen LogP contribution in [-0.4, -0.2) is 48.3 Å². The molecule has 1 aliphatic heterocycles. The number of hydrogen-bond donors (Lipinski definition) is 2. The van der Waals surface area contributed by atoms with Gasteiger partial charge in [-0.15, -0.1) is 0 Å². The van der Waals surface area contributed by atoms with E-state index in [1.165, 1.54) is 50.6 Å². The van der Waals surface area contributed by atoms with Gasteiger partial charge in [0.25, 0.3) is 0 Å². The number of aliphatic hydroxyl groups is 1. The Morgan fingerprint density at radius 1 is 1.04 bits per heavy atom. The number of nitrogens with zero attached hydrogens (tertiary/aromatic N) is 1. The van der Waals surface area contributed by atoms with Gasteiger partial charge in [-0.1, -0.05) is 36.8 Å². The normalized spacial score (nSPS) is 26.0. The molecule has 0 aromatic heterocycles. The highest BCUT2D eigenvalue weighted by molar-refractivity contribution is 5.14. The van der Waals surface area contributed by atoms with Gasteiger partial charge in [-0.3, -0.25) is 0 Å². The molecule has 1 aromatic carbocycles. The third-order valence-electron chi connectivity index (χ3n) is 5.92. The number of benzene rings is 1. The molecule has 2 unspecified atom stereocenters. The molecule has 0 bridgehead atoms. The molecule has 3 heteroatoms. The van der Waals surface area contributed by atoms with Crippen LogP contribution < -0.4 is 5.32 Å². The monoisotopic (exact) mass is 330 g/mol. The second-order valence-corrected chi connectivity index (χ2v) is 7.70. The van der Waals surface area contributed by atoms with E-state index >= 15 is 0 Å². The first-order valence-corrected chi connectivity index (χ1v) is 9.99. The van der Waals surface area contributed by atoms with E-state index in [4.69, 9.17) is 0 Å². The Kier molecular flexibility index (Phi) is 7.13. The van der Waals surface area contributed by atoms with Crippen LogP contribution in [-0.2, 0) is 6.42 Å². The molecule has 3 nitrogen and oxygen atoms in total. The summed E-state index contributed by atoms with van der Waals surface area (Å²) in [5, 5.41) is 13.4. The van der Waals surface area contributed by atoms with Gasteiger partial charge in [0.15, 0.2) is 0 Å². The molecule has 2 aliphatic rings. The number of nitrogens with one attached hydrogen (secondary N) is 1. The Morgan fingerprint density at radius 2 is 1.83 bits per heavy atom. The molecule has 3 rings (SSSR count). The van der Waals surface area contributed by atoms with E-state index in [1.807, 2.05) is 0 Å². The molecule has 1 saturated carbocycles. The van der Waals surface area contributed by atoms with Crippen molar-refractivity contribution >= 4 is 0 Å². The fourth-order valence-corrected chi connectivity index (χ4v) is 4.38. The predicted octanol–water partition coefficient (Wildman–Crippen LogP) is 3.22. The maximum atomic E-state index is 9.57. The van der Waals surface area contributed by atoms with Crippen molar-refractivity contribution in [2.75, 3.05) is 26.2 Å². The zero-order chi connectivity index (χ0) is 16.6. The van der Waals surface area contributed by atoms with Gasteiger partial charge in [0.1, 0.15) is 0 Å². The third kappa shape index (κ3) is 5.58. The molecule has 0 radical (unpaired) electrons. The number of rotatable bonds is 8. The highest BCUT2D eigenvalue weighted by Gasteiger charge is 2.26. The standard InChI is InChI=1S/C21H34N2O/c24-20-12-16-23(17-13-20)15-5-14-22-21-9-4-8-19(21)11-10-18-6-2-1-3-7-18/h1-3,6-7,19-22,24H,4-5,8-17H2. The van der Waals surface area contributed by atoms with E-state index in [-0.39, 0.29) is 6.10 Å². The highest BCUT2D eigenvalue weighted by atomic mass is 16.3. The molecule has 0 spiro atoms. The summed E-state index contributed by atoms with van der Waals surface area (Å²) in [5.41, 5.74) is 1.48. The summed E-state index contributed by atoms with van der Waals surface area (Å²) >= 11 is 0. The zero-order valence-electron chi connectivity index (χ0n) is 15.0. The van der Waals surface area contributed by atoms with Crippen molar-refractivity contribution < 1.29 is 5.11 Å². The molecule has 1 aliphatic carbocycles. The summed E-state index contributed by atoms with van der Waals surface area (Å²) in [6.07, 6.45) is 9.78. The molecule has 2 N–H and O–H groups in total. The van der Waals surface area contributed by atoms with Gasteiger partial charge in [-0.25, -0.2) is 0 Å². The number of aliphatic hydroxyl groups excluding tert-OH is 1. The lowest BCUT2D eigenvalue weighted by molar-refractivity contribution is 0.0819. The van der Waals surface area contributed by atoms with Crippen molar-refractivity contribution in [1.82, 2.24) is 10.2 Å². The molecule has 24 heavy (non-hydrogen) atoms. The summed E-state index contributed by atoms with van der Waals surface area (Å²) in [4.78, 5) is 2.51. The molecule has 1 heterocycles. The first-order chi connectivity index (χ1) is 11.8. The van der Waals surface area contributed by atoms with E-state index in [2.05, 4.69) is 40.5 Å². The van der Waals surface area contributed by atoms with Crippen LogP contribution in [0, 0.1) is 5.92 Å². The molecule has 1 saturated heterocycles. The van der Waals surface area contributed by atoms with Gasteiger partial charge >= 0.3 is 0 Å². The largest absolute Gasteiger partial charge is 0.393 e. The van der Waals surface area contributed by atoms with Gasteiger partial charge < -0.3 is 15.3 Å². The van der Waals surface area contributed by atoms with Gasteiger partial charge in [-0.2, -0.15) is 0 Å². The lowest BCUT2D eigenvalue weighted by Gasteiger charge is -2.29. The lowest BCUT2D eigenvalue weighted by atomic mass is 9.95. The first-order valence-electron chi connectivity index (χ1n) is 9.99. The molecule has 2 atom stereocenters. The average Bonchev–Trinajstić information content (AvgIpc) is 3.07. The maximum absolute atomic E-state index is 9.57. The van der Waals surface area contributed by atoms with Crippen LogP contribution in [0.5, 0.6) is 0 Å². The summed E-state index contributed by atoms with van der Waals surface area (Å²) < 4.78 is 0. The predicted molar refractivity (Wildman–Crippen MR) is 100 cm³/mol. The van der Waals surface area contributed by atoms with Gasteiger partial charge in [-0.05, 0) is 69.5 Å². The summed E-state index contributed by atoms with van der Waals surface area (Å²) in [7, 11) is 0. The Hall–Kier alpha value is -0.900. The highest BCUT2D eigenvalue weighted by Crippen LogP contribution is 2.29. The molecule has 2 fully saturated rings. The Balaban J connectivity index is 1.31. The van der Waals surface area contributed by atoms with Gasteiger partial charge in [0.2, 0.25) is 0 Å². The van der Waals surface area contributed by atoms with Crippen LogP contribution in [0.4, 0.5) is 0 Å². The molecular formula is C21H34N2O. The minimum absolute atomic E-state index is 0.0526. The van der Waals surface area contributed by atoms with E-state index in [0.29, 0.717) is 0 Å². The topological polar surface area (TPSA) is 35.5 Å². The summed E-state index contributed by atoms with van der Waals surface area (Å²) in [6, 6.07) is 11.7. The molecule has 134 valence electrons. The zero-order valence-corrected chi connectivity index (χ0v) is 15.0. The van der Waals surface area contributed by atoms with E-state index in [9.17, 15) is 5.11 Å². The van der Waals surface area contributed by atoms with Crippen LogP contribution in [0.25, 0.3) is 0 Å². The minimum atomic E-state index is -0.0526. The van der Waals surface area contributed by atoms with Crippen molar-refractivity contribution in [2.24, 2.45) is 5.92 Å². The van der Waals surface area contributed by atoms with Crippen LogP contribution in [0.3, 0.4) is 0 Å². The van der Waals surface area contributed by atoms with Crippen LogP contribution >= 0.6 is 0 Å². The second kappa shape index (κ2) is 9.55.